The molecule has 4 nitrogen and oxygen atoms in total. The third-order valence-electron chi connectivity index (χ3n) is 3.48. The van der Waals surface area contributed by atoms with Gasteiger partial charge in [-0.25, -0.2) is 12.8 Å². The fourth-order valence-electron chi connectivity index (χ4n) is 2.35. The topological polar surface area (TPSA) is 46.6 Å². The van der Waals surface area contributed by atoms with Gasteiger partial charge in [0.25, 0.3) is 0 Å². The molecule has 1 fully saturated rings. The van der Waals surface area contributed by atoms with Crippen LogP contribution in [0.2, 0.25) is 0 Å². The second-order valence-corrected chi connectivity index (χ2v) is 7.17. The zero-order valence-corrected chi connectivity index (χ0v) is 11.9. The van der Waals surface area contributed by atoms with Gasteiger partial charge in [-0.3, -0.25) is 4.90 Å². The number of ether oxygens (including phenoxy) is 1. The van der Waals surface area contributed by atoms with Crippen LogP contribution < -0.4 is 4.74 Å². The molecular formula is C13H18FNO3S. The van der Waals surface area contributed by atoms with Crippen molar-refractivity contribution in [3.05, 3.63) is 29.6 Å². The molecule has 1 atom stereocenters. The molecule has 1 saturated heterocycles. The summed E-state index contributed by atoms with van der Waals surface area (Å²) in [5.74, 6) is 0.267. The van der Waals surface area contributed by atoms with Crippen LogP contribution in [0.25, 0.3) is 0 Å². The van der Waals surface area contributed by atoms with Crippen LogP contribution in [0, 0.1) is 5.82 Å². The highest BCUT2D eigenvalue weighted by Crippen LogP contribution is 2.21. The van der Waals surface area contributed by atoms with Crippen molar-refractivity contribution in [3.8, 4) is 5.75 Å². The Morgan fingerprint density at radius 1 is 1.47 bits per heavy atom. The molecule has 0 aromatic heterocycles. The van der Waals surface area contributed by atoms with Gasteiger partial charge in [0.15, 0.2) is 21.4 Å². The number of hydrogen-bond acceptors (Lipinski definition) is 4. The first kappa shape index (κ1) is 14.3. The van der Waals surface area contributed by atoms with Gasteiger partial charge < -0.3 is 4.74 Å². The predicted molar refractivity (Wildman–Crippen MR) is 71.5 cm³/mol. The minimum atomic E-state index is -2.89. The molecule has 1 aliphatic heterocycles. The summed E-state index contributed by atoms with van der Waals surface area (Å²) >= 11 is 0. The molecule has 1 aliphatic rings. The number of sulfone groups is 1. The molecule has 19 heavy (non-hydrogen) atoms. The van der Waals surface area contributed by atoms with Gasteiger partial charge in [0, 0.05) is 12.6 Å². The Morgan fingerprint density at radius 3 is 2.74 bits per heavy atom. The minimum Gasteiger partial charge on any atom is -0.494 e. The Kier molecular flexibility index (Phi) is 4.10. The summed E-state index contributed by atoms with van der Waals surface area (Å²) in [6.07, 6.45) is 0.650. The van der Waals surface area contributed by atoms with Crippen molar-refractivity contribution in [1.29, 1.82) is 0 Å². The van der Waals surface area contributed by atoms with Crippen molar-refractivity contribution in [2.45, 2.75) is 19.0 Å². The van der Waals surface area contributed by atoms with Crippen LogP contribution in [0.4, 0.5) is 4.39 Å². The molecule has 6 heteroatoms. The van der Waals surface area contributed by atoms with Gasteiger partial charge in [-0.1, -0.05) is 6.07 Å². The van der Waals surface area contributed by atoms with E-state index >= 15 is 0 Å². The molecule has 0 radical (unpaired) electrons. The van der Waals surface area contributed by atoms with E-state index in [4.69, 9.17) is 4.74 Å². The van der Waals surface area contributed by atoms with E-state index in [1.54, 1.807) is 12.1 Å². The van der Waals surface area contributed by atoms with E-state index in [9.17, 15) is 12.8 Å². The molecular weight excluding hydrogens is 269 g/mol. The normalized spacial score (nSPS) is 21.8. The van der Waals surface area contributed by atoms with Gasteiger partial charge >= 0.3 is 0 Å². The summed E-state index contributed by atoms with van der Waals surface area (Å²) in [5.41, 5.74) is 0.810. The summed E-state index contributed by atoms with van der Waals surface area (Å²) < 4.78 is 41.3. The first-order valence-electron chi connectivity index (χ1n) is 6.14. The van der Waals surface area contributed by atoms with Gasteiger partial charge in [-0.2, -0.15) is 0 Å². The lowest BCUT2D eigenvalue weighted by Crippen LogP contribution is -2.32. The Hall–Kier alpha value is -1.14. The van der Waals surface area contributed by atoms with Crippen molar-refractivity contribution < 1.29 is 17.5 Å². The number of nitrogens with zero attached hydrogens (tertiary/aromatic N) is 1. The highest BCUT2D eigenvalue weighted by atomic mass is 32.2. The van der Waals surface area contributed by atoms with Crippen molar-refractivity contribution in [2.24, 2.45) is 0 Å². The van der Waals surface area contributed by atoms with Crippen LogP contribution in [-0.4, -0.2) is 45.0 Å². The SMILES string of the molecule is COc1ccc(CN(C)C2CCS(=O)(=O)C2)cc1F. The zero-order chi connectivity index (χ0) is 14.0. The fraction of sp³-hybridized carbons (Fsp3) is 0.538. The molecule has 0 amide bonds. The molecule has 0 aliphatic carbocycles. The van der Waals surface area contributed by atoms with E-state index in [1.807, 2.05) is 11.9 Å². The largest absolute Gasteiger partial charge is 0.494 e. The fourth-order valence-corrected chi connectivity index (χ4v) is 4.15. The van der Waals surface area contributed by atoms with E-state index in [1.165, 1.54) is 13.2 Å². The first-order chi connectivity index (χ1) is 8.91. The highest BCUT2D eigenvalue weighted by Gasteiger charge is 2.30. The lowest BCUT2D eigenvalue weighted by Gasteiger charge is -2.23. The minimum absolute atomic E-state index is 0.0233. The van der Waals surface area contributed by atoms with Crippen molar-refractivity contribution in [3.63, 3.8) is 0 Å². The number of hydrogen-bond donors (Lipinski definition) is 0. The monoisotopic (exact) mass is 287 g/mol. The number of rotatable bonds is 4. The average Bonchev–Trinajstić information content (AvgIpc) is 2.70. The van der Waals surface area contributed by atoms with Gasteiger partial charge in [-0.15, -0.1) is 0 Å². The smallest absolute Gasteiger partial charge is 0.165 e. The molecule has 2 rings (SSSR count). The van der Waals surface area contributed by atoms with Gasteiger partial charge in [0.2, 0.25) is 0 Å². The Morgan fingerprint density at radius 2 is 2.21 bits per heavy atom. The molecule has 1 aromatic rings. The first-order valence-corrected chi connectivity index (χ1v) is 7.96. The van der Waals surface area contributed by atoms with E-state index < -0.39 is 15.7 Å². The third-order valence-corrected chi connectivity index (χ3v) is 5.23. The summed E-state index contributed by atoms with van der Waals surface area (Å²) in [6, 6.07) is 4.83. The molecule has 106 valence electrons. The van der Waals surface area contributed by atoms with Crippen LogP contribution in [-0.2, 0) is 16.4 Å². The highest BCUT2D eigenvalue weighted by molar-refractivity contribution is 7.91. The molecule has 0 spiro atoms. The van der Waals surface area contributed by atoms with E-state index in [0.717, 1.165) is 5.56 Å². The van der Waals surface area contributed by atoms with Crippen LogP contribution in [0.5, 0.6) is 5.75 Å². The standard InChI is InChI=1S/C13H18FNO3S/c1-15(11-5-6-19(16,17)9-11)8-10-3-4-13(18-2)12(14)7-10/h3-4,7,11H,5-6,8-9H2,1-2H3. The van der Waals surface area contributed by atoms with E-state index in [0.29, 0.717) is 13.0 Å². The van der Waals surface area contributed by atoms with Gasteiger partial charge in [0.1, 0.15) is 0 Å². The van der Waals surface area contributed by atoms with Crippen molar-refractivity contribution in [2.75, 3.05) is 25.7 Å². The van der Waals surface area contributed by atoms with Crippen LogP contribution in [0.3, 0.4) is 0 Å². The lowest BCUT2D eigenvalue weighted by atomic mass is 10.1. The Labute approximate surface area is 113 Å². The van der Waals surface area contributed by atoms with Crippen molar-refractivity contribution >= 4 is 9.84 Å². The van der Waals surface area contributed by atoms with Gasteiger partial charge in [0.05, 0.1) is 18.6 Å². The van der Waals surface area contributed by atoms with Crippen molar-refractivity contribution in [1.82, 2.24) is 4.90 Å². The number of benzene rings is 1. The second kappa shape index (κ2) is 5.46. The molecule has 0 bridgehead atoms. The Bertz CT molecular complexity index is 559. The third kappa shape index (κ3) is 3.45. The summed E-state index contributed by atoms with van der Waals surface area (Å²) in [4.78, 5) is 1.96. The van der Waals surface area contributed by atoms with Gasteiger partial charge in [-0.05, 0) is 31.2 Å². The maximum Gasteiger partial charge on any atom is 0.165 e. The summed E-state index contributed by atoms with van der Waals surface area (Å²) in [7, 11) is 0.406. The number of methoxy groups -OCH3 is 1. The molecule has 1 unspecified atom stereocenters. The quantitative estimate of drug-likeness (QED) is 0.841. The van der Waals surface area contributed by atoms with E-state index in [-0.39, 0.29) is 23.3 Å². The maximum atomic E-state index is 13.6. The summed E-state index contributed by atoms with van der Waals surface area (Å²) in [6.45, 7) is 0.529. The van der Waals surface area contributed by atoms with Crippen LogP contribution in [0.1, 0.15) is 12.0 Å². The van der Waals surface area contributed by atoms with Crippen LogP contribution in [0.15, 0.2) is 18.2 Å². The molecule has 0 N–H and O–H groups in total. The zero-order valence-electron chi connectivity index (χ0n) is 11.1. The average molecular weight is 287 g/mol. The van der Waals surface area contributed by atoms with E-state index in [2.05, 4.69) is 0 Å². The second-order valence-electron chi connectivity index (χ2n) is 4.94. The summed E-state index contributed by atoms with van der Waals surface area (Å²) in [5, 5.41) is 0. The molecule has 1 heterocycles. The Balaban J connectivity index is 2.03. The molecule has 0 saturated carbocycles. The predicted octanol–water partition coefficient (Wildman–Crippen LogP) is 1.45. The lowest BCUT2D eigenvalue weighted by molar-refractivity contribution is 0.253. The maximum absolute atomic E-state index is 13.6. The molecule has 1 aromatic carbocycles. The van der Waals surface area contributed by atoms with Crippen LogP contribution >= 0.6 is 0 Å². The number of halogens is 1.